The zero-order valence-electron chi connectivity index (χ0n) is 15.8. The molecule has 4 nitrogen and oxygen atoms in total. The van der Waals surface area contributed by atoms with E-state index in [-0.39, 0.29) is 17.7 Å². The van der Waals surface area contributed by atoms with E-state index in [2.05, 4.69) is 18.6 Å². The zero-order valence-corrected chi connectivity index (χ0v) is 17.4. The van der Waals surface area contributed by atoms with Gasteiger partial charge in [-0.15, -0.1) is 0 Å². The maximum absolute atomic E-state index is 12.6. The second kappa shape index (κ2) is 8.42. The molecule has 1 atom stereocenters. The number of nitrogens with one attached hydrogen (secondary N) is 1. The number of rotatable bonds is 7. The van der Waals surface area contributed by atoms with Crippen LogP contribution in [-0.2, 0) is 15.8 Å². The third-order valence-corrected chi connectivity index (χ3v) is 5.97. The molecule has 2 rings (SSSR count). The van der Waals surface area contributed by atoms with Gasteiger partial charge in [-0.1, -0.05) is 37.6 Å². The van der Waals surface area contributed by atoms with Crippen LogP contribution < -0.4 is 9.46 Å². The SMILES string of the molecule is COc1cc(C)c([C@H](C)NS(=O)(=O)Cc2cccc(Cl)c2)cc1C(C)C. The van der Waals surface area contributed by atoms with Crippen LogP contribution >= 0.6 is 11.6 Å². The van der Waals surface area contributed by atoms with Gasteiger partial charge in [-0.25, -0.2) is 13.1 Å². The van der Waals surface area contributed by atoms with Gasteiger partial charge in [-0.2, -0.15) is 0 Å². The molecule has 26 heavy (non-hydrogen) atoms. The molecule has 0 radical (unpaired) electrons. The molecule has 0 aliphatic rings. The molecule has 0 bridgehead atoms. The summed E-state index contributed by atoms with van der Waals surface area (Å²) in [5.74, 6) is 0.999. The van der Waals surface area contributed by atoms with Crippen molar-refractivity contribution < 1.29 is 13.2 Å². The summed E-state index contributed by atoms with van der Waals surface area (Å²) >= 11 is 5.94. The van der Waals surface area contributed by atoms with E-state index in [4.69, 9.17) is 16.3 Å². The Labute approximate surface area is 161 Å². The maximum Gasteiger partial charge on any atom is 0.216 e. The molecule has 0 saturated heterocycles. The first-order valence-corrected chi connectivity index (χ1v) is 10.6. The van der Waals surface area contributed by atoms with Crippen LogP contribution in [0.4, 0.5) is 0 Å². The number of halogens is 1. The highest BCUT2D eigenvalue weighted by Gasteiger charge is 2.20. The fraction of sp³-hybridized carbons (Fsp3) is 0.400. The topological polar surface area (TPSA) is 55.4 Å². The summed E-state index contributed by atoms with van der Waals surface area (Å²) in [7, 11) is -1.85. The van der Waals surface area contributed by atoms with Crippen molar-refractivity contribution in [3.8, 4) is 5.75 Å². The lowest BCUT2D eigenvalue weighted by Gasteiger charge is -2.21. The lowest BCUT2D eigenvalue weighted by Crippen LogP contribution is -2.28. The Morgan fingerprint density at radius 3 is 2.38 bits per heavy atom. The average Bonchev–Trinajstić information content (AvgIpc) is 2.52. The van der Waals surface area contributed by atoms with Crippen LogP contribution in [0, 0.1) is 6.92 Å². The van der Waals surface area contributed by atoms with E-state index in [1.54, 1.807) is 31.4 Å². The van der Waals surface area contributed by atoms with E-state index in [9.17, 15) is 8.42 Å². The van der Waals surface area contributed by atoms with E-state index < -0.39 is 10.0 Å². The van der Waals surface area contributed by atoms with Crippen LogP contribution in [-0.4, -0.2) is 15.5 Å². The molecule has 6 heteroatoms. The first-order chi connectivity index (χ1) is 12.1. The number of benzene rings is 2. The first-order valence-electron chi connectivity index (χ1n) is 8.56. The van der Waals surface area contributed by atoms with Gasteiger partial charge in [-0.3, -0.25) is 0 Å². The summed E-state index contributed by atoms with van der Waals surface area (Å²) in [5, 5.41) is 0.526. The second-order valence-corrected chi connectivity index (χ2v) is 9.02. The highest BCUT2D eigenvalue weighted by atomic mass is 35.5. The van der Waals surface area contributed by atoms with Crippen LogP contribution in [0.5, 0.6) is 5.75 Å². The minimum atomic E-state index is -3.50. The minimum absolute atomic E-state index is 0.107. The standard InChI is InChI=1S/C20H26ClNO3S/c1-13(2)18-11-19(14(3)9-20(18)25-5)15(4)22-26(23,24)12-16-7-6-8-17(21)10-16/h6-11,13,15,22H,12H2,1-5H3/t15-/m0/s1. The van der Waals surface area contributed by atoms with Gasteiger partial charge in [0, 0.05) is 11.1 Å². The highest BCUT2D eigenvalue weighted by Crippen LogP contribution is 2.32. The second-order valence-electron chi connectivity index (χ2n) is 6.83. The smallest absolute Gasteiger partial charge is 0.216 e. The van der Waals surface area contributed by atoms with E-state index in [1.807, 2.05) is 26.0 Å². The number of methoxy groups -OCH3 is 1. The number of sulfonamides is 1. The van der Waals surface area contributed by atoms with Crippen LogP contribution in [0.1, 0.15) is 55.0 Å². The first kappa shape index (κ1) is 20.7. The Morgan fingerprint density at radius 1 is 1.12 bits per heavy atom. The largest absolute Gasteiger partial charge is 0.496 e. The third-order valence-electron chi connectivity index (χ3n) is 4.31. The molecule has 0 unspecified atom stereocenters. The van der Waals surface area contributed by atoms with E-state index in [1.165, 1.54) is 0 Å². The highest BCUT2D eigenvalue weighted by molar-refractivity contribution is 7.88. The fourth-order valence-corrected chi connectivity index (χ4v) is 4.61. The van der Waals surface area contributed by atoms with Crippen LogP contribution in [0.2, 0.25) is 5.02 Å². The van der Waals surface area contributed by atoms with Crippen molar-refractivity contribution >= 4 is 21.6 Å². The minimum Gasteiger partial charge on any atom is -0.496 e. The average molecular weight is 396 g/mol. The van der Waals surface area contributed by atoms with Crippen molar-refractivity contribution in [2.75, 3.05) is 7.11 Å². The summed E-state index contributed by atoms with van der Waals surface area (Å²) in [6, 6.07) is 10.5. The summed E-state index contributed by atoms with van der Waals surface area (Å²) in [5.41, 5.74) is 3.66. The number of aryl methyl sites for hydroxylation is 1. The Balaban J connectivity index is 2.25. The van der Waals surface area contributed by atoms with Gasteiger partial charge in [-0.05, 0) is 66.3 Å². The van der Waals surface area contributed by atoms with Gasteiger partial charge in [0.05, 0.1) is 12.9 Å². The van der Waals surface area contributed by atoms with Crippen molar-refractivity contribution in [2.45, 2.75) is 45.4 Å². The number of hydrogen-bond acceptors (Lipinski definition) is 3. The van der Waals surface area contributed by atoms with Gasteiger partial charge in [0.2, 0.25) is 10.0 Å². The van der Waals surface area contributed by atoms with Crippen molar-refractivity contribution in [2.24, 2.45) is 0 Å². The summed E-state index contributed by atoms with van der Waals surface area (Å²) in [6.45, 7) is 7.99. The van der Waals surface area contributed by atoms with Crippen LogP contribution in [0.25, 0.3) is 0 Å². The molecule has 142 valence electrons. The summed E-state index contributed by atoms with van der Waals surface area (Å²) in [4.78, 5) is 0. The Morgan fingerprint density at radius 2 is 1.81 bits per heavy atom. The van der Waals surface area contributed by atoms with Crippen LogP contribution in [0.3, 0.4) is 0 Å². The molecule has 0 amide bonds. The molecule has 0 saturated carbocycles. The van der Waals surface area contributed by atoms with E-state index >= 15 is 0 Å². The maximum atomic E-state index is 12.6. The molecule has 0 aliphatic carbocycles. The van der Waals surface area contributed by atoms with Gasteiger partial charge < -0.3 is 4.74 Å². The van der Waals surface area contributed by atoms with Gasteiger partial charge in [0.15, 0.2) is 0 Å². The molecule has 1 N–H and O–H groups in total. The molecule has 2 aromatic carbocycles. The zero-order chi connectivity index (χ0) is 19.5. The molecule has 0 aliphatic heterocycles. The van der Waals surface area contributed by atoms with Gasteiger partial charge in [0.25, 0.3) is 0 Å². The van der Waals surface area contributed by atoms with Crippen molar-refractivity contribution in [1.29, 1.82) is 0 Å². The molecule has 0 aromatic heterocycles. The van der Waals surface area contributed by atoms with Crippen molar-refractivity contribution in [3.63, 3.8) is 0 Å². The molecule has 2 aromatic rings. The number of ether oxygens (including phenoxy) is 1. The Kier molecular flexibility index (Phi) is 6.72. The summed E-state index contributed by atoms with van der Waals surface area (Å²) < 4.78 is 33.4. The summed E-state index contributed by atoms with van der Waals surface area (Å²) in [6.07, 6.45) is 0. The Bertz CT molecular complexity index is 879. The van der Waals surface area contributed by atoms with E-state index in [0.29, 0.717) is 10.6 Å². The predicted molar refractivity (Wildman–Crippen MR) is 107 cm³/mol. The van der Waals surface area contributed by atoms with Gasteiger partial charge >= 0.3 is 0 Å². The quantitative estimate of drug-likeness (QED) is 0.720. The van der Waals surface area contributed by atoms with Gasteiger partial charge in [0.1, 0.15) is 5.75 Å². The molecule has 0 heterocycles. The van der Waals surface area contributed by atoms with Crippen molar-refractivity contribution in [3.05, 3.63) is 63.7 Å². The lowest BCUT2D eigenvalue weighted by atomic mass is 9.94. The Hall–Kier alpha value is -1.56. The number of hydrogen-bond donors (Lipinski definition) is 1. The fourth-order valence-electron chi connectivity index (χ4n) is 3.03. The van der Waals surface area contributed by atoms with Crippen LogP contribution in [0.15, 0.2) is 36.4 Å². The molecular formula is C20H26ClNO3S. The monoisotopic (exact) mass is 395 g/mol. The van der Waals surface area contributed by atoms with Crippen molar-refractivity contribution in [1.82, 2.24) is 4.72 Å². The lowest BCUT2D eigenvalue weighted by molar-refractivity contribution is 0.406. The molecular weight excluding hydrogens is 370 g/mol. The molecule has 0 fully saturated rings. The molecule has 0 spiro atoms. The van der Waals surface area contributed by atoms with E-state index in [0.717, 1.165) is 22.4 Å². The normalized spacial score (nSPS) is 13.0. The predicted octanol–water partition coefficient (Wildman–Crippen LogP) is 4.96. The third kappa shape index (κ3) is 5.22.